The van der Waals surface area contributed by atoms with E-state index in [1.807, 2.05) is 0 Å². The quantitative estimate of drug-likeness (QED) is 0.301. The lowest BCUT2D eigenvalue weighted by molar-refractivity contribution is -0.921. The molecular formula is C8H26I7N. The first kappa shape index (κ1) is 49.7. The molecule has 0 rings (SSSR count). The van der Waals surface area contributed by atoms with Crippen LogP contribution in [0.15, 0.2) is 0 Å². The van der Waals surface area contributed by atoms with Gasteiger partial charge in [-0.05, 0) is 27.7 Å². The summed E-state index contributed by atoms with van der Waals surface area (Å²) >= 11 is 0. The predicted molar refractivity (Wildman–Crippen MR) is 135 cm³/mol. The largest absolute Gasteiger partial charge is 1.00 e. The van der Waals surface area contributed by atoms with E-state index in [9.17, 15) is 0 Å². The summed E-state index contributed by atoms with van der Waals surface area (Å²) in [6.07, 6.45) is 0. The number of quaternary nitrogens is 1. The van der Waals surface area contributed by atoms with Crippen molar-refractivity contribution in [3.8, 4) is 0 Å². The topological polar surface area (TPSA) is 0 Å². The van der Waals surface area contributed by atoms with Crippen molar-refractivity contribution in [3.05, 3.63) is 0 Å². The summed E-state index contributed by atoms with van der Waals surface area (Å²) in [6.45, 7) is 14.2. The molecule has 0 fully saturated rings. The Labute approximate surface area is 221 Å². The molecule has 0 amide bonds. The van der Waals surface area contributed by atoms with Crippen molar-refractivity contribution >= 4 is 144 Å². The maximum absolute atomic E-state index is 2.27. The fraction of sp³-hybridized carbons (Fsp3) is 1.00. The Balaban J connectivity index is -0.0000000152. The molecule has 0 bridgehead atoms. The van der Waals surface area contributed by atoms with Crippen LogP contribution in [0.4, 0.5) is 0 Å². The summed E-state index contributed by atoms with van der Waals surface area (Å²) < 4.78 is 1.28. The first-order chi connectivity index (χ1) is 4.24. The molecule has 0 heterocycles. The molecule has 0 aromatic rings. The van der Waals surface area contributed by atoms with Crippen molar-refractivity contribution in [2.75, 3.05) is 26.2 Å². The maximum atomic E-state index is 2.27. The SMILES string of the molecule is CC[N+](CC)(CC)CC.I.I.I.I.I.I.[I-]. The van der Waals surface area contributed by atoms with Gasteiger partial charge in [0.15, 0.2) is 0 Å². The molecule has 0 N–H and O–H groups in total. The summed E-state index contributed by atoms with van der Waals surface area (Å²) in [5.74, 6) is 0. The van der Waals surface area contributed by atoms with Gasteiger partial charge in [-0.25, -0.2) is 0 Å². The van der Waals surface area contributed by atoms with Crippen molar-refractivity contribution in [2.24, 2.45) is 0 Å². The van der Waals surface area contributed by atoms with Crippen molar-refractivity contribution in [2.45, 2.75) is 27.7 Å². The van der Waals surface area contributed by atoms with Crippen molar-refractivity contribution in [1.82, 2.24) is 0 Å². The smallest absolute Gasteiger partial charge is 0.0757 e. The highest BCUT2D eigenvalue weighted by atomic mass is 127. The van der Waals surface area contributed by atoms with E-state index < -0.39 is 0 Å². The molecule has 0 aromatic heterocycles. The Morgan fingerprint density at radius 3 is 0.625 bits per heavy atom. The monoisotopic (exact) mass is 1020 g/mol. The Bertz CT molecular complexity index is 63.3. The van der Waals surface area contributed by atoms with Gasteiger partial charge in [-0.3, -0.25) is 0 Å². The molecule has 1 nitrogen and oxygen atoms in total. The number of nitrogens with zero attached hydrogens (tertiary/aromatic N) is 1. The van der Waals surface area contributed by atoms with Gasteiger partial charge >= 0.3 is 0 Å². The normalized spacial score (nSPS) is 6.75. The van der Waals surface area contributed by atoms with Crippen LogP contribution < -0.4 is 24.0 Å². The third-order valence-electron chi connectivity index (χ3n) is 2.68. The molecule has 112 valence electrons. The van der Waals surface area contributed by atoms with Crippen molar-refractivity contribution < 1.29 is 28.5 Å². The third kappa shape index (κ3) is 21.4. The molecule has 0 radical (unpaired) electrons. The van der Waals surface area contributed by atoms with Crippen LogP contribution in [-0.4, -0.2) is 30.7 Å². The van der Waals surface area contributed by atoms with Crippen molar-refractivity contribution in [3.63, 3.8) is 0 Å². The van der Waals surface area contributed by atoms with E-state index in [-0.39, 0.29) is 168 Å². The number of rotatable bonds is 4. The van der Waals surface area contributed by atoms with E-state index in [1.165, 1.54) is 30.7 Å². The van der Waals surface area contributed by atoms with Gasteiger partial charge in [0.2, 0.25) is 0 Å². The third-order valence-corrected chi connectivity index (χ3v) is 2.68. The minimum atomic E-state index is 0. The number of halogens is 7. The van der Waals surface area contributed by atoms with Crippen LogP contribution in [0.3, 0.4) is 0 Å². The fourth-order valence-corrected chi connectivity index (χ4v) is 1.34. The lowest BCUT2D eigenvalue weighted by Gasteiger charge is -2.34. The van der Waals surface area contributed by atoms with Gasteiger partial charge in [-0.1, -0.05) is 0 Å². The van der Waals surface area contributed by atoms with E-state index in [0.717, 1.165) is 0 Å². The maximum Gasteiger partial charge on any atom is 0.0757 e. The summed E-state index contributed by atoms with van der Waals surface area (Å²) in [6, 6.07) is 0. The second-order valence-corrected chi connectivity index (χ2v) is 2.61. The van der Waals surface area contributed by atoms with Gasteiger partial charge in [0.25, 0.3) is 0 Å². The van der Waals surface area contributed by atoms with E-state index in [2.05, 4.69) is 27.7 Å². The van der Waals surface area contributed by atoms with Crippen molar-refractivity contribution in [1.29, 1.82) is 0 Å². The second-order valence-electron chi connectivity index (χ2n) is 2.61. The van der Waals surface area contributed by atoms with Gasteiger partial charge in [0.1, 0.15) is 0 Å². The minimum Gasteiger partial charge on any atom is -1.00 e. The molecule has 0 saturated heterocycles. The summed E-state index contributed by atoms with van der Waals surface area (Å²) in [5.41, 5.74) is 0. The standard InChI is InChI=1S/C8H20N.7HI/c1-5-9(6-2,7-3)8-4;;;;;;;/h5-8H2,1-4H3;7*1H/q+1;;;;;;;/p-1. The van der Waals surface area contributed by atoms with Gasteiger partial charge < -0.3 is 28.5 Å². The Hall–Kier alpha value is 5.07. The first-order valence-electron chi connectivity index (χ1n) is 4.09. The summed E-state index contributed by atoms with van der Waals surface area (Å²) in [4.78, 5) is 0. The van der Waals surface area contributed by atoms with Crippen LogP contribution in [0.5, 0.6) is 0 Å². The summed E-state index contributed by atoms with van der Waals surface area (Å²) in [7, 11) is 0. The molecule has 0 aliphatic rings. The zero-order chi connectivity index (χ0) is 7.33. The highest BCUT2D eigenvalue weighted by Gasteiger charge is 2.16. The first-order valence-corrected chi connectivity index (χ1v) is 4.09. The van der Waals surface area contributed by atoms with E-state index >= 15 is 0 Å². The molecule has 0 atom stereocenters. The lowest BCUT2D eigenvalue weighted by atomic mass is 10.3. The Kier molecular flexibility index (Phi) is 99.8. The molecule has 0 spiro atoms. The number of hydrogen-bond acceptors (Lipinski definition) is 0. The Morgan fingerprint density at radius 1 is 0.500 bits per heavy atom. The van der Waals surface area contributed by atoms with E-state index in [1.54, 1.807) is 0 Å². The lowest BCUT2D eigenvalue weighted by Crippen LogP contribution is -3.00. The van der Waals surface area contributed by atoms with Crippen LogP contribution in [-0.2, 0) is 0 Å². The van der Waals surface area contributed by atoms with Crippen LogP contribution in [0.1, 0.15) is 27.7 Å². The van der Waals surface area contributed by atoms with Gasteiger partial charge in [0, 0.05) is 0 Å². The zero-order valence-electron chi connectivity index (χ0n) is 10.1. The highest BCUT2D eigenvalue weighted by Crippen LogP contribution is 2.03. The van der Waals surface area contributed by atoms with Crippen LogP contribution >= 0.6 is 144 Å². The van der Waals surface area contributed by atoms with Gasteiger partial charge in [-0.2, -0.15) is 0 Å². The summed E-state index contributed by atoms with van der Waals surface area (Å²) in [5, 5.41) is 0. The second kappa shape index (κ2) is 32.1. The Morgan fingerprint density at radius 2 is 0.625 bits per heavy atom. The van der Waals surface area contributed by atoms with Crippen LogP contribution in [0.2, 0.25) is 0 Å². The van der Waals surface area contributed by atoms with E-state index in [0.29, 0.717) is 0 Å². The molecule has 0 aromatic carbocycles. The zero-order valence-corrected chi connectivity index (χ0v) is 26.2. The van der Waals surface area contributed by atoms with Crippen LogP contribution in [0.25, 0.3) is 0 Å². The molecule has 0 saturated carbocycles. The minimum absolute atomic E-state index is 0. The molecular weight excluding hydrogens is 998 g/mol. The molecule has 0 unspecified atom stereocenters. The fourth-order valence-electron chi connectivity index (χ4n) is 1.34. The number of hydrogen-bond donors (Lipinski definition) is 0. The highest BCUT2D eigenvalue weighted by molar-refractivity contribution is 14.0. The predicted octanol–water partition coefficient (Wildman–Crippen LogP) is 2.59. The average Bonchev–Trinajstić information content (AvgIpc) is 1.95. The van der Waals surface area contributed by atoms with E-state index in [4.69, 9.17) is 0 Å². The molecule has 16 heavy (non-hydrogen) atoms. The molecule has 0 aliphatic heterocycles. The molecule has 8 heteroatoms. The average molecular weight is 1020 g/mol. The van der Waals surface area contributed by atoms with Gasteiger partial charge in [-0.15, -0.1) is 144 Å². The van der Waals surface area contributed by atoms with Gasteiger partial charge in [0.05, 0.1) is 26.2 Å². The van der Waals surface area contributed by atoms with Crippen LogP contribution in [0, 0.1) is 0 Å². The molecule has 0 aliphatic carbocycles.